The number of benzene rings is 1. The molecule has 1 amide bonds. The molecule has 1 aromatic carbocycles. The van der Waals surface area contributed by atoms with Gasteiger partial charge in [0, 0.05) is 27.2 Å². The fourth-order valence-corrected chi connectivity index (χ4v) is 4.20. The number of carbonyl (C=O) groups is 1. The minimum absolute atomic E-state index is 0.0507. The zero-order valence-electron chi connectivity index (χ0n) is 18.1. The summed E-state index contributed by atoms with van der Waals surface area (Å²) in [5.41, 5.74) is 4.43. The molecular formula is C21H23F3N6O3. The lowest BCUT2D eigenvalue weighted by Crippen LogP contribution is -2.42. The van der Waals surface area contributed by atoms with Crippen LogP contribution in [-0.2, 0) is 31.6 Å². The van der Waals surface area contributed by atoms with Crippen LogP contribution in [0.15, 0.2) is 33.9 Å². The van der Waals surface area contributed by atoms with Gasteiger partial charge in [0.05, 0.1) is 18.0 Å². The first-order valence-electron chi connectivity index (χ1n) is 10.4. The number of amides is 1. The number of piperidine rings is 1. The largest absolute Gasteiger partial charge is 0.416 e. The summed E-state index contributed by atoms with van der Waals surface area (Å²) in [7, 11) is 2.84. The highest BCUT2D eigenvalue weighted by atomic mass is 19.4. The highest BCUT2D eigenvalue weighted by Gasteiger charge is 2.31. The number of aryl methyl sites for hydroxylation is 1. The Hall–Kier alpha value is -3.57. The van der Waals surface area contributed by atoms with Crippen LogP contribution in [0.25, 0.3) is 11.2 Å². The number of fused-ring (bicyclic) bond motifs is 1. The monoisotopic (exact) mass is 464 g/mol. The number of primary amides is 1. The van der Waals surface area contributed by atoms with Crippen LogP contribution in [0.4, 0.5) is 19.1 Å². The molecule has 0 saturated carbocycles. The lowest BCUT2D eigenvalue weighted by atomic mass is 9.98. The number of alkyl halides is 3. The summed E-state index contributed by atoms with van der Waals surface area (Å²) < 4.78 is 42.7. The second kappa shape index (κ2) is 8.09. The molecule has 12 heteroatoms. The van der Waals surface area contributed by atoms with Crippen molar-refractivity contribution in [2.45, 2.75) is 25.6 Å². The summed E-state index contributed by atoms with van der Waals surface area (Å²) in [6.45, 7) is 0.892. The van der Waals surface area contributed by atoms with Crippen molar-refractivity contribution in [1.29, 1.82) is 0 Å². The van der Waals surface area contributed by atoms with Crippen molar-refractivity contribution in [2.75, 3.05) is 18.0 Å². The number of anilines is 1. The molecule has 0 radical (unpaired) electrons. The average molecular weight is 464 g/mol. The molecule has 3 heterocycles. The third kappa shape index (κ3) is 4.00. The Morgan fingerprint density at radius 3 is 2.42 bits per heavy atom. The van der Waals surface area contributed by atoms with E-state index >= 15 is 0 Å². The van der Waals surface area contributed by atoms with Crippen LogP contribution in [0.3, 0.4) is 0 Å². The molecule has 0 bridgehead atoms. The molecule has 9 nitrogen and oxygen atoms in total. The van der Waals surface area contributed by atoms with Crippen molar-refractivity contribution in [3.05, 3.63) is 56.2 Å². The minimum atomic E-state index is -4.46. The van der Waals surface area contributed by atoms with E-state index < -0.39 is 34.8 Å². The van der Waals surface area contributed by atoms with E-state index in [-0.39, 0.29) is 17.7 Å². The van der Waals surface area contributed by atoms with Crippen LogP contribution in [0, 0.1) is 5.92 Å². The summed E-state index contributed by atoms with van der Waals surface area (Å²) in [6, 6.07) is 4.64. The molecule has 2 aromatic heterocycles. The summed E-state index contributed by atoms with van der Waals surface area (Å²) in [5, 5.41) is 0. The minimum Gasteiger partial charge on any atom is -0.369 e. The Balaban J connectivity index is 1.87. The van der Waals surface area contributed by atoms with Crippen LogP contribution in [0.2, 0.25) is 0 Å². The van der Waals surface area contributed by atoms with Crippen molar-refractivity contribution in [1.82, 2.24) is 18.7 Å². The Labute approximate surface area is 185 Å². The zero-order valence-corrected chi connectivity index (χ0v) is 18.1. The van der Waals surface area contributed by atoms with Crippen molar-refractivity contribution in [3.63, 3.8) is 0 Å². The number of aromatic nitrogens is 4. The molecule has 1 saturated heterocycles. The molecule has 1 fully saturated rings. The van der Waals surface area contributed by atoms with Crippen LogP contribution in [0.5, 0.6) is 0 Å². The molecule has 176 valence electrons. The first-order valence-corrected chi connectivity index (χ1v) is 10.4. The number of nitrogens with zero attached hydrogens (tertiary/aromatic N) is 5. The standard InChI is InChI=1S/C21H23F3N6O3/c1-27-17-15(18(32)28(2)20(27)33)30(10-12-5-7-14(8-6-12)21(22,23)24)19(26-17)29-9-3-4-13(11-29)16(25)31/h5-8,13H,3-4,9-11H2,1-2H3,(H2,25,31). The third-order valence-corrected chi connectivity index (χ3v) is 6.06. The molecule has 3 aromatic rings. The predicted octanol–water partition coefficient (Wildman–Crippen LogP) is 1.20. The number of imidazole rings is 1. The molecule has 33 heavy (non-hydrogen) atoms. The van der Waals surface area contributed by atoms with Gasteiger partial charge < -0.3 is 10.6 Å². The van der Waals surface area contributed by atoms with Crippen molar-refractivity contribution < 1.29 is 18.0 Å². The third-order valence-electron chi connectivity index (χ3n) is 6.06. The number of carbonyl (C=O) groups excluding carboxylic acids is 1. The SMILES string of the molecule is Cn1c(=O)c2c(nc(N3CCCC(C(N)=O)C3)n2Cc2ccc(C(F)(F)F)cc2)n(C)c1=O. The van der Waals surface area contributed by atoms with Crippen LogP contribution >= 0.6 is 0 Å². The Bertz CT molecular complexity index is 1340. The highest BCUT2D eigenvalue weighted by molar-refractivity contribution is 5.78. The fourth-order valence-electron chi connectivity index (χ4n) is 4.20. The molecular weight excluding hydrogens is 441 g/mol. The first kappa shape index (κ1) is 22.6. The van der Waals surface area contributed by atoms with Crippen LogP contribution in [0.1, 0.15) is 24.0 Å². The molecule has 0 aliphatic carbocycles. The zero-order chi connectivity index (χ0) is 24.1. The molecule has 1 aliphatic heterocycles. The van der Waals surface area contributed by atoms with Gasteiger partial charge in [0.25, 0.3) is 5.56 Å². The van der Waals surface area contributed by atoms with Gasteiger partial charge in [0.1, 0.15) is 0 Å². The second-order valence-electron chi connectivity index (χ2n) is 8.26. The smallest absolute Gasteiger partial charge is 0.369 e. The van der Waals surface area contributed by atoms with E-state index in [0.717, 1.165) is 16.7 Å². The van der Waals surface area contributed by atoms with Crippen molar-refractivity contribution >= 4 is 23.0 Å². The summed E-state index contributed by atoms with van der Waals surface area (Å²) in [6.07, 6.45) is -3.16. The fraction of sp³-hybridized carbons (Fsp3) is 0.429. The lowest BCUT2D eigenvalue weighted by Gasteiger charge is -2.32. The van der Waals surface area contributed by atoms with E-state index in [2.05, 4.69) is 4.98 Å². The Morgan fingerprint density at radius 2 is 1.82 bits per heavy atom. The first-order chi connectivity index (χ1) is 15.5. The summed E-state index contributed by atoms with van der Waals surface area (Å²) in [5.74, 6) is -0.479. The van der Waals surface area contributed by atoms with Gasteiger partial charge in [-0.25, -0.2) is 4.79 Å². The van der Waals surface area contributed by atoms with Gasteiger partial charge >= 0.3 is 11.9 Å². The second-order valence-corrected chi connectivity index (χ2v) is 8.26. The average Bonchev–Trinajstić information content (AvgIpc) is 3.15. The molecule has 1 aliphatic rings. The number of rotatable bonds is 4. The van der Waals surface area contributed by atoms with Gasteiger partial charge in [0.15, 0.2) is 11.2 Å². The van der Waals surface area contributed by atoms with Gasteiger partial charge in [-0.05, 0) is 30.5 Å². The van der Waals surface area contributed by atoms with Gasteiger partial charge in [-0.2, -0.15) is 18.2 Å². The molecule has 1 atom stereocenters. The summed E-state index contributed by atoms with van der Waals surface area (Å²) in [4.78, 5) is 43.6. The Kier molecular flexibility index (Phi) is 5.54. The molecule has 1 unspecified atom stereocenters. The molecule has 0 spiro atoms. The Morgan fingerprint density at radius 1 is 1.15 bits per heavy atom. The number of halogens is 3. The maximum absolute atomic E-state index is 13.0. The quantitative estimate of drug-likeness (QED) is 0.624. The van der Waals surface area contributed by atoms with Crippen molar-refractivity contribution in [3.8, 4) is 0 Å². The van der Waals surface area contributed by atoms with Gasteiger partial charge in [-0.3, -0.25) is 23.3 Å². The van der Waals surface area contributed by atoms with Crippen LogP contribution in [-0.4, -0.2) is 37.7 Å². The van der Waals surface area contributed by atoms with Crippen molar-refractivity contribution in [2.24, 2.45) is 25.7 Å². The predicted molar refractivity (Wildman–Crippen MR) is 115 cm³/mol. The van der Waals surface area contributed by atoms with E-state index in [1.165, 1.54) is 30.8 Å². The van der Waals surface area contributed by atoms with E-state index in [1.54, 1.807) is 4.57 Å². The lowest BCUT2D eigenvalue weighted by molar-refractivity contribution is -0.137. The molecule has 4 rings (SSSR count). The van der Waals surface area contributed by atoms with E-state index in [4.69, 9.17) is 5.73 Å². The topological polar surface area (TPSA) is 108 Å². The van der Waals surface area contributed by atoms with Gasteiger partial charge in [-0.15, -0.1) is 0 Å². The maximum Gasteiger partial charge on any atom is 0.416 e. The number of nitrogens with two attached hydrogens (primary N) is 1. The van der Waals surface area contributed by atoms with E-state index in [9.17, 15) is 27.6 Å². The highest BCUT2D eigenvalue weighted by Crippen LogP contribution is 2.30. The van der Waals surface area contributed by atoms with Crippen LogP contribution < -0.4 is 21.9 Å². The van der Waals surface area contributed by atoms with E-state index in [0.29, 0.717) is 37.4 Å². The molecule has 2 N–H and O–H groups in total. The van der Waals surface area contributed by atoms with E-state index in [1.807, 2.05) is 4.90 Å². The maximum atomic E-state index is 13.0. The number of hydrogen-bond acceptors (Lipinski definition) is 5. The summed E-state index contributed by atoms with van der Waals surface area (Å²) >= 11 is 0. The van der Waals surface area contributed by atoms with Gasteiger partial charge in [-0.1, -0.05) is 12.1 Å². The van der Waals surface area contributed by atoms with Gasteiger partial charge in [0.2, 0.25) is 11.9 Å². The number of hydrogen-bond donors (Lipinski definition) is 1. The normalized spacial score (nSPS) is 17.0.